The fraction of sp³-hybridized carbons (Fsp3) is 0.294. The van der Waals surface area contributed by atoms with Crippen LogP contribution >= 0.6 is 0 Å². The summed E-state index contributed by atoms with van der Waals surface area (Å²) in [5.74, 6) is 0.820. The molecular weight excluding hydrogens is 262 g/mol. The second-order valence-corrected chi connectivity index (χ2v) is 6.10. The molecule has 1 aromatic carbocycles. The maximum Gasteiger partial charge on any atom is 0.228 e. The standard InChI is InChI=1S/C17H17N3O/c1-16(2)12-10-18-9-8-14(12)20(3)17(16)11-19-13-6-4-5-7-15(13)21-17/h4-11H,1-3H3. The highest BCUT2D eigenvalue weighted by Gasteiger charge is 2.58. The number of benzene rings is 1. The smallest absolute Gasteiger partial charge is 0.228 e. The van der Waals surface area contributed by atoms with E-state index in [9.17, 15) is 0 Å². The predicted octanol–water partition coefficient (Wildman–Crippen LogP) is 3.30. The van der Waals surface area contributed by atoms with Crippen molar-refractivity contribution >= 4 is 17.6 Å². The Labute approximate surface area is 124 Å². The third kappa shape index (κ3) is 1.39. The molecule has 0 fully saturated rings. The largest absolute Gasteiger partial charge is 0.459 e. The Morgan fingerprint density at radius 1 is 1.14 bits per heavy atom. The summed E-state index contributed by atoms with van der Waals surface area (Å²) in [7, 11) is 2.05. The van der Waals surface area contributed by atoms with Crippen LogP contribution in [0.4, 0.5) is 11.4 Å². The monoisotopic (exact) mass is 279 g/mol. The molecule has 0 amide bonds. The molecule has 1 unspecified atom stereocenters. The van der Waals surface area contributed by atoms with Crippen LogP contribution in [0.15, 0.2) is 47.7 Å². The van der Waals surface area contributed by atoms with Crippen LogP contribution < -0.4 is 9.64 Å². The highest BCUT2D eigenvalue weighted by atomic mass is 16.5. The molecule has 21 heavy (non-hydrogen) atoms. The van der Waals surface area contributed by atoms with Crippen LogP contribution in [-0.4, -0.2) is 24.0 Å². The average Bonchev–Trinajstić information content (AvgIpc) is 2.67. The lowest BCUT2D eigenvalue weighted by molar-refractivity contribution is 0.0824. The molecule has 0 N–H and O–H groups in total. The fourth-order valence-corrected chi connectivity index (χ4v) is 3.40. The number of fused-ring (bicyclic) bond motifs is 2. The van der Waals surface area contributed by atoms with Gasteiger partial charge in [0.05, 0.1) is 11.6 Å². The Hall–Kier alpha value is -2.36. The van der Waals surface area contributed by atoms with Gasteiger partial charge in [-0.2, -0.15) is 0 Å². The van der Waals surface area contributed by atoms with E-state index in [0.29, 0.717) is 0 Å². The molecule has 2 aliphatic rings. The quantitative estimate of drug-likeness (QED) is 0.742. The minimum Gasteiger partial charge on any atom is -0.459 e. The minimum atomic E-state index is -0.618. The second-order valence-electron chi connectivity index (χ2n) is 6.10. The van der Waals surface area contributed by atoms with Gasteiger partial charge in [0.25, 0.3) is 0 Å². The number of rotatable bonds is 0. The molecule has 1 aromatic heterocycles. The maximum absolute atomic E-state index is 6.44. The Balaban J connectivity index is 1.92. The van der Waals surface area contributed by atoms with Gasteiger partial charge in [0.2, 0.25) is 5.72 Å². The molecule has 0 bridgehead atoms. The van der Waals surface area contributed by atoms with Gasteiger partial charge in [0.15, 0.2) is 0 Å². The Bertz CT molecular complexity index is 753. The van der Waals surface area contributed by atoms with Crippen molar-refractivity contribution in [3.63, 3.8) is 0 Å². The first kappa shape index (κ1) is 12.4. The molecule has 0 aliphatic carbocycles. The molecule has 2 aromatic rings. The molecule has 1 atom stereocenters. The number of ether oxygens (including phenoxy) is 1. The van der Waals surface area contributed by atoms with Crippen molar-refractivity contribution in [2.24, 2.45) is 4.99 Å². The topological polar surface area (TPSA) is 37.7 Å². The van der Waals surface area contributed by atoms with Gasteiger partial charge in [-0.05, 0) is 32.0 Å². The molecule has 4 heteroatoms. The number of anilines is 1. The summed E-state index contributed by atoms with van der Waals surface area (Å²) in [5, 5.41) is 0. The Kier molecular flexibility index (Phi) is 2.27. The van der Waals surface area contributed by atoms with E-state index in [-0.39, 0.29) is 5.41 Å². The first-order valence-electron chi connectivity index (χ1n) is 7.08. The van der Waals surface area contributed by atoms with Crippen LogP contribution in [0.2, 0.25) is 0 Å². The van der Waals surface area contributed by atoms with Gasteiger partial charge < -0.3 is 9.64 Å². The lowest BCUT2D eigenvalue weighted by Gasteiger charge is -2.44. The number of nitrogens with zero attached hydrogens (tertiary/aromatic N) is 3. The summed E-state index contributed by atoms with van der Waals surface area (Å²) in [6.07, 6.45) is 5.67. The van der Waals surface area contributed by atoms with Crippen LogP contribution in [0, 0.1) is 0 Å². The second kappa shape index (κ2) is 3.85. The van der Waals surface area contributed by atoms with Crippen LogP contribution in [0.3, 0.4) is 0 Å². The third-order valence-corrected chi connectivity index (χ3v) is 4.74. The molecule has 4 nitrogen and oxygen atoms in total. The van der Waals surface area contributed by atoms with Crippen molar-refractivity contribution in [1.82, 2.24) is 4.98 Å². The van der Waals surface area contributed by atoms with Gasteiger partial charge in [-0.25, -0.2) is 0 Å². The van der Waals surface area contributed by atoms with Gasteiger partial charge in [0, 0.05) is 30.7 Å². The number of para-hydroxylation sites is 2. The van der Waals surface area contributed by atoms with E-state index in [1.165, 1.54) is 5.56 Å². The van der Waals surface area contributed by atoms with Crippen LogP contribution in [0.25, 0.3) is 0 Å². The van der Waals surface area contributed by atoms with Crippen LogP contribution in [0.1, 0.15) is 19.4 Å². The van der Waals surface area contributed by atoms with Gasteiger partial charge in [0.1, 0.15) is 11.4 Å². The maximum atomic E-state index is 6.44. The molecule has 106 valence electrons. The molecule has 4 rings (SSSR count). The first-order valence-corrected chi connectivity index (χ1v) is 7.08. The van der Waals surface area contributed by atoms with Crippen molar-refractivity contribution in [3.8, 4) is 5.75 Å². The molecule has 0 saturated heterocycles. The molecular formula is C17H17N3O. The van der Waals surface area contributed by atoms with Crippen molar-refractivity contribution in [2.75, 3.05) is 11.9 Å². The van der Waals surface area contributed by atoms with Gasteiger partial charge in [-0.1, -0.05) is 12.1 Å². The van der Waals surface area contributed by atoms with Crippen LogP contribution in [-0.2, 0) is 5.41 Å². The summed E-state index contributed by atoms with van der Waals surface area (Å²) < 4.78 is 6.44. The van der Waals surface area contributed by atoms with Crippen LogP contribution in [0.5, 0.6) is 5.75 Å². The SMILES string of the molecule is CN1c2ccncc2C(C)(C)C12C=Nc1ccccc1O2. The van der Waals surface area contributed by atoms with E-state index in [0.717, 1.165) is 17.1 Å². The van der Waals surface area contributed by atoms with Crippen molar-refractivity contribution < 1.29 is 4.74 Å². The number of aromatic nitrogens is 1. The average molecular weight is 279 g/mol. The number of pyridine rings is 1. The zero-order valence-corrected chi connectivity index (χ0v) is 12.4. The van der Waals surface area contributed by atoms with Crippen molar-refractivity contribution in [3.05, 3.63) is 48.3 Å². The van der Waals surface area contributed by atoms with Gasteiger partial charge in [-0.15, -0.1) is 0 Å². The van der Waals surface area contributed by atoms with Gasteiger partial charge >= 0.3 is 0 Å². The zero-order valence-electron chi connectivity index (χ0n) is 12.4. The van der Waals surface area contributed by atoms with E-state index in [2.05, 4.69) is 28.7 Å². The predicted molar refractivity (Wildman–Crippen MR) is 83.6 cm³/mol. The van der Waals surface area contributed by atoms with Crippen molar-refractivity contribution in [2.45, 2.75) is 25.0 Å². The summed E-state index contributed by atoms with van der Waals surface area (Å²) >= 11 is 0. The molecule has 1 spiro atoms. The fourth-order valence-electron chi connectivity index (χ4n) is 3.40. The lowest BCUT2D eigenvalue weighted by atomic mass is 9.78. The first-order chi connectivity index (χ1) is 10.1. The molecule has 3 heterocycles. The highest BCUT2D eigenvalue weighted by Crippen LogP contribution is 2.52. The number of hydrogen-bond acceptors (Lipinski definition) is 4. The normalized spacial score (nSPS) is 24.6. The Morgan fingerprint density at radius 3 is 2.76 bits per heavy atom. The Morgan fingerprint density at radius 2 is 1.95 bits per heavy atom. The summed E-state index contributed by atoms with van der Waals surface area (Å²) in [6, 6.07) is 9.92. The molecule has 0 saturated carbocycles. The highest BCUT2D eigenvalue weighted by molar-refractivity contribution is 5.87. The summed E-state index contributed by atoms with van der Waals surface area (Å²) in [4.78, 5) is 11.1. The third-order valence-electron chi connectivity index (χ3n) is 4.74. The van der Waals surface area contributed by atoms with E-state index in [1.54, 1.807) is 0 Å². The molecule has 0 radical (unpaired) electrons. The summed E-state index contributed by atoms with van der Waals surface area (Å²) in [6.45, 7) is 4.36. The van der Waals surface area contributed by atoms with E-state index in [4.69, 9.17) is 4.74 Å². The number of hydrogen-bond donors (Lipinski definition) is 0. The molecule has 2 aliphatic heterocycles. The number of likely N-dealkylation sites (N-methyl/N-ethyl adjacent to an activating group) is 1. The minimum absolute atomic E-state index is 0.248. The van der Waals surface area contributed by atoms with Gasteiger partial charge in [-0.3, -0.25) is 9.98 Å². The van der Waals surface area contributed by atoms with Crippen molar-refractivity contribution in [1.29, 1.82) is 0 Å². The number of aliphatic imine (C=N–C) groups is 1. The lowest BCUT2D eigenvalue weighted by Crippen LogP contribution is -2.60. The van der Waals surface area contributed by atoms with E-state index < -0.39 is 5.72 Å². The summed E-state index contributed by atoms with van der Waals surface area (Å²) in [5.41, 5.74) is 2.33. The van der Waals surface area contributed by atoms with E-state index >= 15 is 0 Å². The van der Waals surface area contributed by atoms with E-state index in [1.807, 2.05) is 56.0 Å². The zero-order chi connectivity index (χ0) is 14.7.